The highest BCUT2D eigenvalue weighted by molar-refractivity contribution is 7.92. The third-order valence-corrected chi connectivity index (χ3v) is 19.0. The van der Waals surface area contributed by atoms with Gasteiger partial charge in [0.15, 0.2) is 17.0 Å². The van der Waals surface area contributed by atoms with Gasteiger partial charge in [-0.15, -0.1) is 0 Å². The second-order valence-corrected chi connectivity index (χ2v) is 25.3. The van der Waals surface area contributed by atoms with E-state index < -0.39 is 29.5 Å². The van der Waals surface area contributed by atoms with Crippen LogP contribution in [0.1, 0.15) is 64.8 Å². The van der Waals surface area contributed by atoms with Crippen molar-refractivity contribution in [2.75, 3.05) is 0 Å². The quantitative estimate of drug-likeness (QED) is 0.0745. The number of furan rings is 1. The average Bonchev–Trinajstić information content (AvgIpc) is 2.51. The summed E-state index contributed by atoms with van der Waals surface area (Å²) in [6.07, 6.45) is 14.2. The molecule has 0 unspecified atom stereocenters. The Labute approximate surface area is 503 Å². The fraction of sp³-hybridized carbons (Fsp3) is 0.0794. The summed E-state index contributed by atoms with van der Waals surface area (Å²) in [6.45, 7) is 4.24. The van der Waals surface area contributed by atoms with Gasteiger partial charge in [0, 0.05) is 73.8 Å². The topological polar surface area (TPSA) is 324 Å². The van der Waals surface area contributed by atoms with Crippen LogP contribution in [0.25, 0.3) is 27.8 Å². The molecule has 0 saturated heterocycles. The zero-order chi connectivity index (χ0) is 62.0. The number of aromatic nitrogens is 8. The van der Waals surface area contributed by atoms with Crippen molar-refractivity contribution in [3.63, 3.8) is 0 Å². The van der Waals surface area contributed by atoms with Gasteiger partial charge in [0.25, 0.3) is 17.7 Å². The smallest absolute Gasteiger partial charge is 0.287 e. The molecule has 0 bridgehead atoms. The second kappa shape index (κ2) is 26.0. The Morgan fingerprint density at radius 3 is 1.78 bits per heavy atom. The number of pyridine rings is 3. The number of hydrogen-bond acceptors (Lipinski definition) is 17. The first-order valence-electron chi connectivity index (χ1n) is 26.6. The second-order valence-electron chi connectivity index (χ2n) is 19.5. The maximum atomic E-state index is 12.8. The number of nitrogens with one attached hydrogen (secondary N) is 4. The number of fused-ring (bicyclic) bond motifs is 3. The zero-order valence-electron chi connectivity index (χ0n) is 46.6. The van der Waals surface area contributed by atoms with Gasteiger partial charge in [0.1, 0.15) is 6.07 Å². The van der Waals surface area contributed by atoms with Crippen molar-refractivity contribution < 1.29 is 44.1 Å². The largest absolute Gasteiger partial charge is 0.449 e. The van der Waals surface area contributed by atoms with Crippen LogP contribution in [0.3, 0.4) is 0 Å². The summed E-state index contributed by atoms with van der Waals surface area (Å²) in [5.41, 5.74) is 5.68. The first-order valence-corrected chi connectivity index (χ1v) is 31.1. The number of amides is 3. The lowest BCUT2D eigenvalue weighted by Crippen LogP contribution is -2.23. The van der Waals surface area contributed by atoms with E-state index in [-0.39, 0.29) is 78.1 Å². The summed E-state index contributed by atoms with van der Waals surface area (Å²) in [5, 5.41) is 25.7. The minimum absolute atomic E-state index is 0.0343. The number of nitrogens with zero attached hydrogens (tertiary/aromatic N) is 8. The maximum Gasteiger partial charge on any atom is 0.287 e. The predicted molar refractivity (Wildman–Crippen MR) is 321 cm³/mol. The van der Waals surface area contributed by atoms with E-state index in [1.54, 1.807) is 152 Å². The third kappa shape index (κ3) is 13.7. The predicted octanol–water partition coefficient (Wildman–Crippen LogP) is 8.69. The fourth-order valence-electron chi connectivity index (χ4n) is 8.81. The number of rotatable bonds is 15. The molecule has 0 radical (unpaired) electrons. The van der Waals surface area contributed by atoms with Crippen LogP contribution in [0.5, 0.6) is 0 Å². The van der Waals surface area contributed by atoms with Gasteiger partial charge in [-0.3, -0.25) is 33.9 Å². The standard InChI is InChI=1S/C22H15N3O4S.C21H18N4O3S.C20H17N5O3S/c23-12-17-3-1-2-4-21(17)30(27,28)18-7-5-15(6-8-18)13-25-22(26)19-11-16-9-10-24-14-20(16)29-19;1-15-3-2-4-19(11-15)29(27,28)18-7-5-16(6-8-18)12-23-20(26)17-13-24-21-22-9-10-25(21)14-17;1-13-18(3-2-8-21-13)29(27,28)17-6-4-14(5-7-17)10-23-20(26)16-9-15-12-24-25-19(15)22-11-16/h1-11,14H,13H2,(H,25,26);2-11,13-14H,12H2,1H3,(H,23,26);2-9,11-12H,10H2,1H3,(H,23,26)(H,22,24,25). The van der Waals surface area contributed by atoms with Gasteiger partial charge in [0.2, 0.25) is 35.3 Å². The van der Waals surface area contributed by atoms with Gasteiger partial charge in [0.05, 0.1) is 64.2 Å². The molecule has 22 nitrogen and oxygen atoms in total. The van der Waals surface area contributed by atoms with Gasteiger partial charge in [-0.1, -0.05) is 60.7 Å². The molecule has 3 amide bonds. The van der Waals surface area contributed by atoms with E-state index in [1.165, 1.54) is 61.1 Å². The highest BCUT2D eigenvalue weighted by Gasteiger charge is 2.23. The first kappa shape index (κ1) is 60.1. The van der Waals surface area contributed by atoms with Crippen molar-refractivity contribution in [3.8, 4) is 6.07 Å². The van der Waals surface area contributed by atoms with Gasteiger partial charge in [-0.05, 0) is 127 Å². The number of nitriles is 1. The van der Waals surface area contributed by atoms with Crippen molar-refractivity contribution in [2.45, 2.75) is 62.9 Å². The monoisotopic (exact) mass is 1230 g/mol. The summed E-state index contributed by atoms with van der Waals surface area (Å²) < 4.78 is 83.8. The number of sulfone groups is 3. The number of carbonyl (C=O) groups excluding carboxylic acids is 3. The lowest BCUT2D eigenvalue weighted by atomic mass is 10.2. The van der Waals surface area contributed by atoms with Crippen molar-refractivity contribution in [1.82, 2.24) is 55.5 Å². The summed E-state index contributed by atoms with van der Waals surface area (Å²) in [4.78, 5) is 58.2. The molecule has 88 heavy (non-hydrogen) atoms. The first-order chi connectivity index (χ1) is 42.4. The van der Waals surface area contributed by atoms with Crippen LogP contribution in [-0.4, -0.2) is 82.5 Å². The molecule has 12 aromatic rings. The molecule has 0 aliphatic carbocycles. The molecular weight excluding hydrogens is 1180 g/mol. The van der Waals surface area contributed by atoms with E-state index in [1.807, 2.05) is 19.1 Å². The average molecular weight is 1230 g/mol. The molecule has 25 heteroatoms. The van der Waals surface area contributed by atoms with Crippen LogP contribution in [0.2, 0.25) is 0 Å². The normalized spacial score (nSPS) is 11.4. The Hall–Kier alpha value is -11.1. The van der Waals surface area contributed by atoms with E-state index in [2.05, 4.69) is 51.1 Å². The van der Waals surface area contributed by atoms with Crippen LogP contribution >= 0.6 is 0 Å². The van der Waals surface area contributed by atoms with Crippen LogP contribution in [-0.2, 0) is 49.1 Å². The maximum absolute atomic E-state index is 12.8. The van der Waals surface area contributed by atoms with Gasteiger partial charge in [-0.25, -0.2) is 40.2 Å². The Balaban J connectivity index is 0.000000146. The molecule has 0 atom stereocenters. The summed E-state index contributed by atoms with van der Waals surface area (Å²) in [5.74, 6) is -0.240. The third-order valence-electron chi connectivity index (χ3n) is 13.5. The van der Waals surface area contributed by atoms with E-state index in [4.69, 9.17) is 9.68 Å². The lowest BCUT2D eigenvalue weighted by Gasteiger charge is -2.09. The zero-order valence-corrected chi connectivity index (χ0v) is 49.1. The molecule has 0 fully saturated rings. The van der Waals surface area contributed by atoms with Crippen molar-refractivity contribution in [3.05, 3.63) is 258 Å². The highest BCUT2D eigenvalue weighted by atomic mass is 32.2. The minimum atomic E-state index is -3.82. The number of imidazole rings is 1. The summed E-state index contributed by atoms with van der Waals surface area (Å²) in [6, 6.07) is 42.0. The van der Waals surface area contributed by atoms with Crippen LogP contribution in [0.15, 0.2) is 241 Å². The Kier molecular flexibility index (Phi) is 17.8. The minimum Gasteiger partial charge on any atom is -0.449 e. The molecule has 0 spiro atoms. The van der Waals surface area contributed by atoms with Crippen LogP contribution < -0.4 is 16.0 Å². The molecule has 440 valence electrons. The van der Waals surface area contributed by atoms with Gasteiger partial charge >= 0.3 is 0 Å². The number of H-pyrrole nitrogens is 1. The van der Waals surface area contributed by atoms with E-state index in [0.29, 0.717) is 39.4 Å². The molecule has 5 aromatic carbocycles. The van der Waals surface area contributed by atoms with Crippen molar-refractivity contribution in [2.24, 2.45) is 0 Å². The SMILES string of the molecule is Cc1cccc(S(=O)(=O)c2ccc(CNC(=O)c3cnc4nccn4c3)cc2)c1.Cc1ncccc1S(=O)(=O)c1ccc(CNC(=O)c2cnc3[nH]ncc3c2)cc1.N#Cc1ccccc1S(=O)(=O)c1ccc(CNC(=O)c2cc3ccncc3o2)cc1. The number of benzene rings is 5. The lowest BCUT2D eigenvalue weighted by molar-refractivity contribution is 0.0922. The molecule has 7 heterocycles. The van der Waals surface area contributed by atoms with E-state index in [9.17, 15) is 39.6 Å². The number of aromatic amines is 1. The number of aryl methyl sites for hydroxylation is 2. The van der Waals surface area contributed by atoms with E-state index in [0.717, 1.165) is 27.5 Å². The molecule has 12 rings (SSSR count). The Bertz CT molecular complexity index is 4940. The molecular formula is C63H50N12O10S3. The van der Waals surface area contributed by atoms with Crippen molar-refractivity contribution in [1.29, 1.82) is 5.26 Å². The number of carbonyl (C=O) groups is 3. The summed E-state index contributed by atoms with van der Waals surface area (Å²) in [7, 11) is -11.0. The molecule has 0 saturated carbocycles. The summed E-state index contributed by atoms with van der Waals surface area (Å²) >= 11 is 0. The molecule has 0 aliphatic heterocycles. The molecule has 7 aromatic heterocycles. The Morgan fingerprint density at radius 2 is 1.15 bits per heavy atom. The van der Waals surface area contributed by atoms with E-state index >= 15 is 0 Å². The van der Waals surface area contributed by atoms with Crippen LogP contribution in [0.4, 0.5) is 0 Å². The van der Waals surface area contributed by atoms with Crippen molar-refractivity contribution >= 4 is 75.0 Å². The molecule has 0 aliphatic rings. The molecule has 4 N–H and O–H groups in total. The Morgan fingerprint density at radius 1 is 0.545 bits per heavy atom. The van der Waals surface area contributed by atoms with Crippen LogP contribution in [0, 0.1) is 25.2 Å². The van der Waals surface area contributed by atoms with Gasteiger partial charge < -0.3 is 20.4 Å². The fourth-order valence-corrected chi connectivity index (χ4v) is 13.0. The number of hydrogen-bond donors (Lipinski definition) is 4. The van der Waals surface area contributed by atoms with Gasteiger partial charge in [-0.2, -0.15) is 10.4 Å². The highest BCUT2D eigenvalue weighted by Crippen LogP contribution is 2.27.